The lowest BCUT2D eigenvalue weighted by Gasteiger charge is -2.43. The van der Waals surface area contributed by atoms with Crippen LogP contribution < -0.4 is 26.0 Å². The molecular weight excluding hydrogens is 434 g/mol. The molecule has 0 spiro atoms. The van der Waals surface area contributed by atoms with Gasteiger partial charge < -0.3 is 26.0 Å². The van der Waals surface area contributed by atoms with Gasteiger partial charge in [-0.3, -0.25) is 4.79 Å². The van der Waals surface area contributed by atoms with E-state index in [0.29, 0.717) is 29.3 Å². The number of hydrogen-bond acceptors (Lipinski definition) is 7. The number of hydrogen-bond donors (Lipinski definition) is 3. The van der Waals surface area contributed by atoms with Gasteiger partial charge in [-0.2, -0.15) is 0 Å². The summed E-state index contributed by atoms with van der Waals surface area (Å²) in [6.07, 6.45) is 4.60. The lowest BCUT2D eigenvalue weighted by atomic mass is 9.93. The fraction of sp³-hybridized carbons (Fsp3) is 0.440. The molecule has 2 bridgehead atoms. The number of aryl methyl sites for hydroxylation is 1. The molecule has 33 heavy (non-hydrogen) atoms. The van der Waals surface area contributed by atoms with Crippen LogP contribution in [-0.2, 0) is 6.42 Å². The number of piperidine rings is 1. The van der Waals surface area contributed by atoms with Crippen LogP contribution in [0.4, 0.5) is 11.4 Å². The second kappa shape index (κ2) is 8.18. The van der Waals surface area contributed by atoms with Crippen molar-refractivity contribution in [2.75, 3.05) is 30.3 Å². The van der Waals surface area contributed by atoms with E-state index in [1.807, 2.05) is 19.1 Å². The molecule has 2 fully saturated rings. The summed E-state index contributed by atoms with van der Waals surface area (Å²) in [5.41, 5.74) is 10.0. The van der Waals surface area contributed by atoms with Crippen LogP contribution in [0, 0.1) is 6.92 Å². The molecule has 1 aromatic carbocycles. The number of amides is 1. The number of nitrogens with zero attached hydrogens (tertiary/aromatic N) is 2. The van der Waals surface area contributed by atoms with Gasteiger partial charge in [-0.1, -0.05) is 12.5 Å². The maximum atomic E-state index is 13.0. The average molecular weight is 464 g/mol. The van der Waals surface area contributed by atoms with E-state index in [1.54, 1.807) is 0 Å². The zero-order valence-corrected chi connectivity index (χ0v) is 19.6. The summed E-state index contributed by atoms with van der Waals surface area (Å²) in [5.74, 6) is 0.775. The molecule has 3 aromatic rings. The molecule has 2 aromatic heterocycles. The van der Waals surface area contributed by atoms with Gasteiger partial charge in [-0.25, -0.2) is 4.98 Å². The third-order valence-electron chi connectivity index (χ3n) is 7.05. The summed E-state index contributed by atoms with van der Waals surface area (Å²) in [4.78, 5) is 21.3. The highest BCUT2D eigenvalue weighted by molar-refractivity contribution is 7.21. The minimum absolute atomic E-state index is 0.0892. The summed E-state index contributed by atoms with van der Waals surface area (Å²) in [5, 5.41) is 7.70. The Morgan fingerprint density at radius 1 is 1.24 bits per heavy atom. The largest absolute Gasteiger partial charge is 0.491 e. The molecule has 0 saturated carbocycles. The molecule has 0 aliphatic carbocycles. The van der Waals surface area contributed by atoms with Crippen LogP contribution in [0.1, 0.15) is 40.2 Å². The van der Waals surface area contributed by atoms with E-state index in [4.69, 9.17) is 10.5 Å². The zero-order chi connectivity index (χ0) is 22.5. The van der Waals surface area contributed by atoms with Crippen LogP contribution in [0.15, 0.2) is 30.3 Å². The predicted molar refractivity (Wildman–Crippen MR) is 132 cm³/mol. The van der Waals surface area contributed by atoms with Crippen LogP contribution in [0.25, 0.3) is 10.2 Å². The highest BCUT2D eigenvalue weighted by atomic mass is 32.1. The van der Waals surface area contributed by atoms with Gasteiger partial charge in [0.2, 0.25) is 0 Å². The molecule has 3 aliphatic heterocycles. The molecule has 5 heterocycles. The number of nitrogens with two attached hydrogens (primary N) is 1. The first-order valence-corrected chi connectivity index (χ1v) is 12.6. The van der Waals surface area contributed by atoms with Crippen LogP contribution in [-0.4, -0.2) is 48.7 Å². The number of anilines is 2. The summed E-state index contributed by atoms with van der Waals surface area (Å²) >= 11 is 1.35. The summed E-state index contributed by atoms with van der Waals surface area (Å²) in [6.45, 7) is 4.50. The molecule has 6 rings (SSSR count). The van der Waals surface area contributed by atoms with Gasteiger partial charge in [0.15, 0.2) is 0 Å². The molecule has 2 unspecified atom stereocenters. The second-order valence-electron chi connectivity index (χ2n) is 9.52. The molecule has 1 amide bonds. The summed E-state index contributed by atoms with van der Waals surface area (Å²) in [7, 11) is 0. The smallest absolute Gasteiger partial charge is 0.263 e. The maximum absolute atomic E-state index is 13.0. The van der Waals surface area contributed by atoms with Crippen molar-refractivity contribution in [2.24, 2.45) is 0 Å². The first-order chi connectivity index (χ1) is 16.0. The number of fused-ring (bicyclic) bond motifs is 4. The molecule has 3 atom stereocenters. The number of nitrogens with one attached hydrogen (secondary N) is 2. The van der Waals surface area contributed by atoms with Crippen LogP contribution in [0.3, 0.4) is 0 Å². The summed E-state index contributed by atoms with van der Waals surface area (Å²) in [6, 6.07) is 11.5. The first-order valence-electron chi connectivity index (χ1n) is 11.8. The number of thiophene rings is 1. The van der Waals surface area contributed by atoms with Gasteiger partial charge in [0.25, 0.3) is 5.91 Å². The van der Waals surface area contributed by atoms with Gasteiger partial charge >= 0.3 is 0 Å². The van der Waals surface area contributed by atoms with Crippen molar-refractivity contribution in [3.8, 4) is 5.75 Å². The van der Waals surface area contributed by atoms with Crippen molar-refractivity contribution >= 4 is 38.8 Å². The van der Waals surface area contributed by atoms with Crippen molar-refractivity contribution in [3.05, 3.63) is 46.5 Å². The Hall–Kier alpha value is -2.84. The van der Waals surface area contributed by atoms with Crippen LogP contribution in [0.2, 0.25) is 0 Å². The number of nitrogen functional groups attached to an aromatic ring is 1. The standard InChI is InChI=1S/C25H29N5O2S/c1-14-5-8-20-22(26)23(33-25(20)27-14)24(31)29-18-9-15-6-7-19(10-21(15)32-13-18)30-11-16-3-2-4-17(12-30)28-16/h5-8,10,16-18,28H,2-4,9,11-13,26H2,1H3,(H,29,31)/t16?,17?,18-/m0/s1. The highest BCUT2D eigenvalue weighted by Crippen LogP contribution is 2.34. The van der Waals surface area contributed by atoms with E-state index in [9.17, 15) is 4.79 Å². The second-order valence-corrected chi connectivity index (χ2v) is 10.5. The van der Waals surface area contributed by atoms with Gasteiger partial charge in [-0.15, -0.1) is 11.3 Å². The van der Waals surface area contributed by atoms with Crippen molar-refractivity contribution in [1.29, 1.82) is 0 Å². The van der Waals surface area contributed by atoms with Crippen LogP contribution in [0.5, 0.6) is 5.75 Å². The third kappa shape index (κ3) is 3.91. The third-order valence-corrected chi connectivity index (χ3v) is 8.17. The van der Waals surface area contributed by atoms with Crippen LogP contribution >= 0.6 is 11.3 Å². The normalized spacial score (nSPS) is 24.3. The molecule has 172 valence electrons. The zero-order valence-electron chi connectivity index (χ0n) is 18.8. The number of aromatic nitrogens is 1. The highest BCUT2D eigenvalue weighted by Gasteiger charge is 2.31. The van der Waals surface area contributed by atoms with Crippen molar-refractivity contribution < 1.29 is 9.53 Å². The van der Waals surface area contributed by atoms with Crippen molar-refractivity contribution in [2.45, 2.75) is 50.7 Å². The minimum atomic E-state index is -0.158. The minimum Gasteiger partial charge on any atom is -0.491 e. The Bertz CT molecular complexity index is 1210. The molecular formula is C25H29N5O2S. The fourth-order valence-electron chi connectivity index (χ4n) is 5.38. The quantitative estimate of drug-likeness (QED) is 0.552. The van der Waals surface area contributed by atoms with E-state index < -0.39 is 0 Å². The van der Waals surface area contributed by atoms with E-state index in [-0.39, 0.29) is 11.9 Å². The monoisotopic (exact) mass is 463 g/mol. The molecule has 0 radical (unpaired) electrons. The number of pyridine rings is 1. The Morgan fingerprint density at radius 3 is 2.88 bits per heavy atom. The topological polar surface area (TPSA) is 92.5 Å². The Balaban J connectivity index is 1.15. The molecule has 4 N–H and O–H groups in total. The number of carbonyl (C=O) groups is 1. The van der Waals surface area contributed by atoms with Crippen molar-refractivity contribution in [3.63, 3.8) is 0 Å². The van der Waals surface area contributed by atoms with Gasteiger partial charge in [-0.05, 0) is 49.9 Å². The lowest BCUT2D eigenvalue weighted by Crippen LogP contribution is -2.58. The SMILES string of the molecule is Cc1ccc2c(N)c(C(=O)N[C@@H]3COc4cc(N5CC6CCCC(C5)N6)ccc4C3)sc2n1. The van der Waals surface area contributed by atoms with Gasteiger partial charge in [0.1, 0.15) is 22.1 Å². The fourth-order valence-corrected chi connectivity index (χ4v) is 6.42. The number of piperazine rings is 1. The Kier molecular flexibility index (Phi) is 5.14. The molecule has 7 nitrogen and oxygen atoms in total. The average Bonchev–Trinajstić information content (AvgIpc) is 3.14. The molecule has 2 saturated heterocycles. The predicted octanol–water partition coefficient (Wildman–Crippen LogP) is 3.25. The van der Waals surface area contributed by atoms with Gasteiger partial charge in [0.05, 0.1) is 11.7 Å². The lowest BCUT2D eigenvalue weighted by molar-refractivity contribution is 0.0920. The molecule has 8 heteroatoms. The van der Waals surface area contributed by atoms with E-state index >= 15 is 0 Å². The van der Waals surface area contributed by atoms with Gasteiger partial charge in [0, 0.05) is 48.0 Å². The Labute approximate surface area is 197 Å². The number of rotatable bonds is 3. The first kappa shape index (κ1) is 20.7. The summed E-state index contributed by atoms with van der Waals surface area (Å²) < 4.78 is 6.11. The van der Waals surface area contributed by atoms with E-state index in [1.165, 1.54) is 36.3 Å². The number of benzene rings is 1. The van der Waals surface area contributed by atoms with E-state index in [0.717, 1.165) is 46.7 Å². The van der Waals surface area contributed by atoms with E-state index in [2.05, 4.69) is 38.7 Å². The number of ether oxygens (including phenoxy) is 1. The molecule has 3 aliphatic rings. The Morgan fingerprint density at radius 2 is 2.06 bits per heavy atom. The maximum Gasteiger partial charge on any atom is 0.263 e. The number of carbonyl (C=O) groups excluding carboxylic acids is 1. The van der Waals surface area contributed by atoms with Crippen molar-refractivity contribution in [1.82, 2.24) is 15.6 Å².